The van der Waals surface area contributed by atoms with Gasteiger partial charge < -0.3 is 19.9 Å². The molecule has 1 aliphatic carbocycles. The van der Waals surface area contributed by atoms with E-state index in [1.165, 1.54) is 19.2 Å². The molecule has 1 fully saturated rings. The summed E-state index contributed by atoms with van der Waals surface area (Å²) in [5.41, 5.74) is 0.239. The lowest BCUT2D eigenvalue weighted by atomic mass is 9.66. The molecule has 1 aliphatic rings. The predicted molar refractivity (Wildman–Crippen MR) is 81.4 cm³/mol. The maximum absolute atomic E-state index is 12.5. The second kappa shape index (κ2) is 6.79. The number of anilines is 1. The lowest BCUT2D eigenvalue weighted by Crippen LogP contribution is -2.42. The van der Waals surface area contributed by atoms with Crippen molar-refractivity contribution in [2.75, 3.05) is 26.1 Å². The molecular weight excluding hydrogens is 286 g/mol. The topological polar surface area (TPSA) is 84.9 Å². The molecule has 0 spiro atoms. The van der Waals surface area contributed by atoms with Crippen LogP contribution in [0.15, 0.2) is 18.2 Å². The van der Waals surface area contributed by atoms with Crippen molar-refractivity contribution < 1.29 is 24.2 Å². The molecule has 2 N–H and O–H groups in total. The molecule has 1 aromatic rings. The Hall–Kier alpha value is -2.08. The number of carboxylic acid groups (broad SMARTS) is 1. The molecule has 2 rings (SSSR count). The Morgan fingerprint density at radius 3 is 2.55 bits per heavy atom. The number of carbonyl (C=O) groups is 2. The van der Waals surface area contributed by atoms with Crippen molar-refractivity contribution in [3.05, 3.63) is 23.8 Å². The first kappa shape index (κ1) is 16.3. The number of aromatic carboxylic acids is 1. The summed E-state index contributed by atoms with van der Waals surface area (Å²) in [6, 6.07) is 4.54. The Labute approximate surface area is 129 Å². The summed E-state index contributed by atoms with van der Waals surface area (Å²) in [7, 11) is 3.03. The van der Waals surface area contributed by atoms with Crippen LogP contribution in [0.2, 0.25) is 0 Å². The summed E-state index contributed by atoms with van der Waals surface area (Å²) in [5, 5.41) is 11.9. The van der Waals surface area contributed by atoms with E-state index in [9.17, 15) is 9.59 Å². The van der Waals surface area contributed by atoms with Crippen molar-refractivity contribution in [1.82, 2.24) is 0 Å². The van der Waals surface area contributed by atoms with Crippen molar-refractivity contribution in [1.29, 1.82) is 0 Å². The average Bonchev–Trinajstić information content (AvgIpc) is 2.45. The van der Waals surface area contributed by atoms with Crippen LogP contribution in [0.1, 0.15) is 36.0 Å². The third-order valence-electron chi connectivity index (χ3n) is 4.27. The maximum atomic E-state index is 12.5. The average molecular weight is 307 g/mol. The van der Waals surface area contributed by atoms with Crippen molar-refractivity contribution in [3.8, 4) is 5.75 Å². The standard InChI is InChI=1S/C16H21NO5/c1-21-9-8-16(6-3-7-16)15(20)17-11-4-5-12(14(18)19)13(10-11)22-2/h4-5,10H,3,6-9H2,1-2H3,(H,17,20)(H,18,19). The zero-order valence-corrected chi connectivity index (χ0v) is 12.8. The molecule has 6 nitrogen and oxygen atoms in total. The van der Waals surface area contributed by atoms with Crippen molar-refractivity contribution in [2.45, 2.75) is 25.7 Å². The number of carbonyl (C=O) groups excluding carboxylic acids is 1. The van der Waals surface area contributed by atoms with Gasteiger partial charge in [0, 0.05) is 25.5 Å². The highest BCUT2D eigenvalue weighted by molar-refractivity contribution is 5.97. The zero-order valence-electron chi connectivity index (χ0n) is 12.8. The fourth-order valence-corrected chi connectivity index (χ4v) is 2.70. The monoisotopic (exact) mass is 307 g/mol. The summed E-state index contributed by atoms with van der Waals surface area (Å²) in [6.07, 6.45) is 3.44. The van der Waals surface area contributed by atoms with Gasteiger partial charge in [0.2, 0.25) is 5.91 Å². The van der Waals surface area contributed by atoms with E-state index in [1.54, 1.807) is 13.2 Å². The smallest absolute Gasteiger partial charge is 0.339 e. The first-order valence-corrected chi connectivity index (χ1v) is 7.24. The van der Waals surface area contributed by atoms with E-state index in [4.69, 9.17) is 14.6 Å². The van der Waals surface area contributed by atoms with Gasteiger partial charge in [0.25, 0.3) is 0 Å². The van der Waals surface area contributed by atoms with Crippen molar-refractivity contribution in [3.63, 3.8) is 0 Å². The second-order valence-corrected chi connectivity index (χ2v) is 5.55. The van der Waals surface area contributed by atoms with E-state index >= 15 is 0 Å². The van der Waals surface area contributed by atoms with Crippen LogP contribution < -0.4 is 10.1 Å². The molecule has 1 aromatic carbocycles. The number of hydrogen-bond donors (Lipinski definition) is 2. The highest BCUT2D eigenvalue weighted by Crippen LogP contribution is 2.45. The zero-order chi connectivity index (χ0) is 16.2. The van der Waals surface area contributed by atoms with Gasteiger partial charge in [-0.25, -0.2) is 4.79 Å². The van der Waals surface area contributed by atoms with Crippen LogP contribution in [0, 0.1) is 5.41 Å². The van der Waals surface area contributed by atoms with Gasteiger partial charge in [-0.2, -0.15) is 0 Å². The van der Waals surface area contributed by atoms with E-state index in [-0.39, 0.29) is 22.6 Å². The number of hydrogen-bond acceptors (Lipinski definition) is 4. The van der Waals surface area contributed by atoms with Crippen molar-refractivity contribution >= 4 is 17.6 Å². The number of methoxy groups -OCH3 is 2. The molecule has 0 aromatic heterocycles. The number of carboxylic acids is 1. The molecule has 0 heterocycles. The van der Waals surface area contributed by atoms with Gasteiger partial charge in [0.1, 0.15) is 11.3 Å². The molecule has 0 bridgehead atoms. The van der Waals surface area contributed by atoms with E-state index in [0.29, 0.717) is 18.7 Å². The number of ether oxygens (including phenoxy) is 2. The first-order valence-electron chi connectivity index (χ1n) is 7.24. The van der Waals surface area contributed by atoms with Gasteiger partial charge in [-0.1, -0.05) is 6.42 Å². The minimum atomic E-state index is -1.06. The van der Waals surface area contributed by atoms with Gasteiger partial charge in [-0.05, 0) is 31.4 Å². The summed E-state index contributed by atoms with van der Waals surface area (Å²) in [5.74, 6) is -0.879. The minimum Gasteiger partial charge on any atom is -0.496 e. The molecule has 0 atom stereocenters. The Bertz CT molecular complexity index is 566. The number of amides is 1. The van der Waals surface area contributed by atoms with Gasteiger partial charge in [-0.3, -0.25) is 4.79 Å². The maximum Gasteiger partial charge on any atom is 0.339 e. The van der Waals surface area contributed by atoms with Gasteiger partial charge >= 0.3 is 5.97 Å². The molecule has 120 valence electrons. The summed E-state index contributed by atoms with van der Waals surface area (Å²) in [4.78, 5) is 23.6. The lowest BCUT2D eigenvalue weighted by Gasteiger charge is -2.40. The fourth-order valence-electron chi connectivity index (χ4n) is 2.70. The van der Waals surface area contributed by atoms with Crippen LogP contribution in [0.25, 0.3) is 0 Å². The summed E-state index contributed by atoms with van der Waals surface area (Å²) >= 11 is 0. The van der Waals surface area contributed by atoms with E-state index in [1.807, 2.05) is 0 Å². The Kier molecular flexibility index (Phi) is 5.03. The Morgan fingerprint density at radius 1 is 1.32 bits per heavy atom. The van der Waals surface area contributed by atoms with Crippen LogP contribution in [-0.4, -0.2) is 37.8 Å². The molecular formula is C16H21NO5. The Morgan fingerprint density at radius 2 is 2.05 bits per heavy atom. The summed E-state index contributed by atoms with van der Waals surface area (Å²) in [6.45, 7) is 0.550. The highest BCUT2D eigenvalue weighted by atomic mass is 16.5. The molecule has 0 unspecified atom stereocenters. The molecule has 1 saturated carbocycles. The predicted octanol–water partition coefficient (Wildman–Crippen LogP) is 2.54. The van der Waals surface area contributed by atoms with Gasteiger partial charge in [-0.15, -0.1) is 0 Å². The number of benzene rings is 1. The van der Waals surface area contributed by atoms with Crippen LogP contribution >= 0.6 is 0 Å². The highest BCUT2D eigenvalue weighted by Gasteiger charge is 2.43. The molecule has 1 amide bonds. The van der Waals surface area contributed by atoms with Crippen LogP contribution in [0.5, 0.6) is 5.75 Å². The van der Waals surface area contributed by atoms with E-state index in [0.717, 1.165) is 19.3 Å². The van der Waals surface area contributed by atoms with Gasteiger partial charge in [0.15, 0.2) is 0 Å². The summed E-state index contributed by atoms with van der Waals surface area (Å²) < 4.78 is 10.2. The third kappa shape index (κ3) is 3.22. The Balaban J connectivity index is 2.12. The second-order valence-electron chi connectivity index (χ2n) is 5.55. The third-order valence-corrected chi connectivity index (χ3v) is 4.27. The normalized spacial score (nSPS) is 15.7. The molecule has 0 saturated heterocycles. The van der Waals surface area contributed by atoms with E-state index < -0.39 is 5.97 Å². The first-order chi connectivity index (χ1) is 10.5. The molecule has 0 aliphatic heterocycles. The van der Waals surface area contributed by atoms with Crippen LogP contribution in [-0.2, 0) is 9.53 Å². The van der Waals surface area contributed by atoms with Crippen LogP contribution in [0.4, 0.5) is 5.69 Å². The number of nitrogens with one attached hydrogen (secondary N) is 1. The minimum absolute atomic E-state index is 0.0408. The lowest BCUT2D eigenvalue weighted by molar-refractivity contribution is -0.131. The van der Waals surface area contributed by atoms with Gasteiger partial charge in [0.05, 0.1) is 12.5 Å². The number of rotatable bonds is 7. The van der Waals surface area contributed by atoms with E-state index in [2.05, 4.69) is 5.32 Å². The fraction of sp³-hybridized carbons (Fsp3) is 0.500. The molecule has 22 heavy (non-hydrogen) atoms. The largest absolute Gasteiger partial charge is 0.496 e. The SMILES string of the molecule is COCCC1(C(=O)Nc2ccc(C(=O)O)c(OC)c2)CCC1. The van der Waals surface area contributed by atoms with Crippen LogP contribution in [0.3, 0.4) is 0 Å². The van der Waals surface area contributed by atoms with Crippen molar-refractivity contribution in [2.24, 2.45) is 5.41 Å². The quantitative estimate of drug-likeness (QED) is 0.808. The molecule has 0 radical (unpaired) electrons. The molecule has 6 heteroatoms.